The zero-order valence-corrected chi connectivity index (χ0v) is 5.96. The zero-order chi connectivity index (χ0) is 4.41. The Labute approximate surface area is 42.1 Å². The maximum atomic E-state index is 2.42. The van der Waals surface area contributed by atoms with Crippen molar-refractivity contribution in [1.82, 2.24) is 0 Å². The molecular weight excluding hydrogens is 110 g/mol. The molecule has 0 aromatic carbocycles. The van der Waals surface area contributed by atoms with Crippen LogP contribution in [0.4, 0.5) is 0 Å². The minimum atomic E-state index is 0.563. The van der Waals surface area contributed by atoms with Gasteiger partial charge in [0.25, 0.3) is 0 Å². The highest BCUT2D eigenvalue weighted by molar-refractivity contribution is 8.21. The average molecular weight is 120 g/mol. The van der Waals surface area contributed by atoms with Crippen LogP contribution in [0.5, 0.6) is 0 Å². The minimum Gasteiger partial charge on any atom is -0.0963 e. The fraction of sp³-hybridized carbons (Fsp3) is 1.00. The third-order valence-electron chi connectivity index (χ3n) is 1.05. The SMILES string of the molecule is CP1CCCP1. The summed E-state index contributed by atoms with van der Waals surface area (Å²) in [7, 11) is 1.91. The zero-order valence-electron chi connectivity index (χ0n) is 4.07. The molecule has 0 saturated carbocycles. The molecule has 2 unspecified atom stereocenters. The molecule has 1 heterocycles. The Morgan fingerprint density at radius 2 is 2.50 bits per heavy atom. The summed E-state index contributed by atoms with van der Waals surface area (Å²) < 4.78 is 0. The molecule has 0 aliphatic carbocycles. The van der Waals surface area contributed by atoms with Gasteiger partial charge in [0.2, 0.25) is 0 Å². The van der Waals surface area contributed by atoms with Crippen molar-refractivity contribution in [3.05, 3.63) is 0 Å². The summed E-state index contributed by atoms with van der Waals surface area (Å²) in [6.45, 7) is 2.42. The summed E-state index contributed by atoms with van der Waals surface area (Å²) in [6.07, 6.45) is 4.64. The summed E-state index contributed by atoms with van der Waals surface area (Å²) in [6, 6.07) is 0. The molecule has 0 nitrogen and oxygen atoms in total. The molecule has 0 N–H and O–H groups in total. The maximum absolute atomic E-state index is 2.42. The predicted molar refractivity (Wildman–Crippen MR) is 35.5 cm³/mol. The first kappa shape index (κ1) is 5.01. The van der Waals surface area contributed by atoms with E-state index in [0.29, 0.717) is 7.61 Å². The van der Waals surface area contributed by atoms with Gasteiger partial charge >= 0.3 is 0 Å². The highest BCUT2D eigenvalue weighted by Gasteiger charge is 2.06. The summed E-state index contributed by atoms with van der Waals surface area (Å²) in [4.78, 5) is 0. The molecule has 1 aliphatic heterocycles. The van der Waals surface area contributed by atoms with Crippen LogP contribution < -0.4 is 0 Å². The van der Waals surface area contributed by atoms with E-state index < -0.39 is 0 Å². The fourth-order valence-corrected chi connectivity index (χ4v) is 5.04. The minimum absolute atomic E-state index is 0.563. The second kappa shape index (κ2) is 2.24. The molecule has 2 atom stereocenters. The Morgan fingerprint density at radius 1 is 1.67 bits per heavy atom. The van der Waals surface area contributed by atoms with Gasteiger partial charge in [-0.05, 0) is 25.4 Å². The van der Waals surface area contributed by atoms with Gasteiger partial charge in [0, 0.05) is 0 Å². The van der Waals surface area contributed by atoms with Crippen LogP contribution in [0.15, 0.2) is 0 Å². The van der Waals surface area contributed by atoms with Crippen LogP contribution in [0.25, 0.3) is 0 Å². The van der Waals surface area contributed by atoms with Crippen molar-refractivity contribution in [1.29, 1.82) is 0 Å². The lowest BCUT2D eigenvalue weighted by Crippen LogP contribution is -1.66. The van der Waals surface area contributed by atoms with E-state index >= 15 is 0 Å². The predicted octanol–water partition coefficient (Wildman–Crippen LogP) is 2.10. The summed E-state index contributed by atoms with van der Waals surface area (Å²) in [5, 5.41) is 0. The highest BCUT2D eigenvalue weighted by atomic mass is 32.0. The van der Waals surface area contributed by atoms with Crippen molar-refractivity contribution in [2.24, 2.45) is 0 Å². The molecule has 0 bridgehead atoms. The Kier molecular flexibility index (Phi) is 1.87. The maximum Gasteiger partial charge on any atom is -0.0288 e. The van der Waals surface area contributed by atoms with Crippen molar-refractivity contribution >= 4 is 15.9 Å². The standard InChI is InChI=1S/C4H10P2/c1-6-4-2-3-5-6/h5H,2-4H2,1H3. The van der Waals surface area contributed by atoms with Gasteiger partial charge in [0.1, 0.15) is 0 Å². The quantitative estimate of drug-likeness (QED) is 0.429. The van der Waals surface area contributed by atoms with E-state index in [-0.39, 0.29) is 0 Å². The molecule has 0 radical (unpaired) electrons. The van der Waals surface area contributed by atoms with Crippen LogP contribution in [0.1, 0.15) is 6.42 Å². The Balaban J connectivity index is 2.18. The molecule has 0 aromatic rings. The van der Waals surface area contributed by atoms with E-state index in [4.69, 9.17) is 0 Å². The first-order chi connectivity index (χ1) is 2.89. The number of hydrogen-bond donors (Lipinski definition) is 0. The Bertz CT molecular complexity index is 38.8. The van der Waals surface area contributed by atoms with Crippen LogP contribution in [-0.2, 0) is 0 Å². The van der Waals surface area contributed by atoms with Gasteiger partial charge in [-0.15, -0.1) is 0 Å². The van der Waals surface area contributed by atoms with Crippen LogP contribution in [0.2, 0.25) is 0 Å². The van der Waals surface area contributed by atoms with Gasteiger partial charge in [0.05, 0.1) is 0 Å². The first-order valence-corrected chi connectivity index (χ1v) is 6.36. The third kappa shape index (κ3) is 1.17. The smallest absolute Gasteiger partial charge is 0.0288 e. The van der Waals surface area contributed by atoms with Gasteiger partial charge in [-0.3, -0.25) is 0 Å². The summed E-state index contributed by atoms with van der Waals surface area (Å²) in [5.74, 6) is 0. The lowest BCUT2D eigenvalue weighted by atomic mass is 10.6. The Morgan fingerprint density at radius 3 is 2.67 bits per heavy atom. The van der Waals surface area contributed by atoms with Crippen LogP contribution >= 0.6 is 15.9 Å². The van der Waals surface area contributed by atoms with E-state index in [2.05, 4.69) is 6.66 Å². The van der Waals surface area contributed by atoms with E-state index in [0.717, 1.165) is 0 Å². The van der Waals surface area contributed by atoms with Crippen molar-refractivity contribution in [3.63, 3.8) is 0 Å². The molecular formula is C4H10P2. The van der Waals surface area contributed by atoms with Crippen LogP contribution in [0.3, 0.4) is 0 Å². The molecule has 0 amide bonds. The van der Waals surface area contributed by atoms with E-state index in [1.165, 1.54) is 14.7 Å². The van der Waals surface area contributed by atoms with Crippen LogP contribution in [-0.4, -0.2) is 19.0 Å². The van der Waals surface area contributed by atoms with Gasteiger partial charge in [-0.25, -0.2) is 0 Å². The van der Waals surface area contributed by atoms with E-state index in [1.54, 1.807) is 12.3 Å². The molecule has 6 heavy (non-hydrogen) atoms. The molecule has 1 fully saturated rings. The van der Waals surface area contributed by atoms with Crippen molar-refractivity contribution in [2.45, 2.75) is 6.42 Å². The number of hydrogen-bond acceptors (Lipinski definition) is 0. The van der Waals surface area contributed by atoms with Gasteiger partial charge in [-0.1, -0.05) is 15.9 Å². The molecule has 1 rings (SSSR count). The fourth-order valence-electron chi connectivity index (χ4n) is 0.665. The molecule has 1 aliphatic rings. The van der Waals surface area contributed by atoms with E-state index in [9.17, 15) is 0 Å². The molecule has 2 heteroatoms. The number of rotatable bonds is 0. The average Bonchev–Trinajstić information content (AvgIpc) is 1.86. The van der Waals surface area contributed by atoms with Crippen LogP contribution in [0, 0.1) is 0 Å². The Hall–Kier alpha value is 0.860. The first-order valence-electron chi connectivity index (χ1n) is 2.34. The molecule has 0 spiro atoms. The summed E-state index contributed by atoms with van der Waals surface area (Å²) in [5.41, 5.74) is 0. The van der Waals surface area contributed by atoms with Crippen molar-refractivity contribution in [3.8, 4) is 0 Å². The van der Waals surface area contributed by atoms with Gasteiger partial charge in [-0.2, -0.15) is 0 Å². The van der Waals surface area contributed by atoms with Crippen molar-refractivity contribution < 1.29 is 0 Å². The monoisotopic (exact) mass is 120 g/mol. The normalized spacial score (nSPS) is 38.5. The lowest BCUT2D eigenvalue weighted by molar-refractivity contribution is 1.14. The largest absolute Gasteiger partial charge is 0.0963 e. The topological polar surface area (TPSA) is 0 Å². The lowest BCUT2D eigenvalue weighted by Gasteiger charge is -1.93. The molecule has 36 valence electrons. The van der Waals surface area contributed by atoms with Crippen molar-refractivity contribution in [2.75, 3.05) is 19.0 Å². The summed E-state index contributed by atoms with van der Waals surface area (Å²) >= 11 is 0. The second-order valence-corrected chi connectivity index (χ2v) is 7.58. The second-order valence-electron chi connectivity index (χ2n) is 1.68. The van der Waals surface area contributed by atoms with Gasteiger partial charge in [0.15, 0.2) is 0 Å². The van der Waals surface area contributed by atoms with E-state index in [1.807, 2.05) is 0 Å². The third-order valence-corrected chi connectivity index (χ3v) is 6.12. The molecule has 0 aromatic heterocycles. The van der Waals surface area contributed by atoms with Gasteiger partial charge < -0.3 is 0 Å². The molecule has 1 saturated heterocycles. The highest BCUT2D eigenvalue weighted by Crippen LogP contribution is 2.57.